The molecular weight excluding hydrogens is 462 g/mol. The fraction of sp³-hybridized carbons (Fsp3) is 0.143. The van der Waals surface area contributed by atoms with E-state index in [1.807, 2.05) is 5.32 Å². The summed E-state index contributed by atoms with van der Waals surface area (Å²) in [5.74, 6) is -4.30. The highest BCUT2D eigenvalue weighted by Crippen LogP contribution is 2.23. The standard InChI is InChI=1S/C21H19ClF2N4O5/c1-3-25-20(31)26-12-6-4-11(5-7-18(29)33-2)17(8-12)27-21(32)28-19(30)13-9-15(23)16(24)10-14(13)22/h4-10H,3H2,1-2H3,(H2,25,26,31)(H2,27,28,30,32)/b7-5+. The van der Waals surface area contributed by atoms with Crippen molar-refractivity contribution in [2.75, 3.05) is 24.3 Å². The molecule has 174 valence electrons. The van der Waals surface area contributed by atoms with Crippen LogP contribution >= 0.6 is 11.6 Å². The summed E-state index contributed by atoms with van der Waals surface area (Å²) >= 11 is 5.75. The van der Waals surface area contributed by atoms with E-state index in [2.05, 4.69) is 20.7 Å². The van der Waals surface area contributed by atoms with Gasteiger partial charge in [-0.2, -0.15) is 0 Å². The van der Waals surface area contributed by atoms with Gasteiger partial charge in [-0.1, -0.05) is 17.7 Å². The van der Waals surface area contributed by atoms with Gasteiger partial charge in [-0.3, -0.25) is 10.1 Å². The van der Waals surface area contributed by atoms with Gasteiger partial charge in [0.2, 0.25) is 0 Å². The third-order valence-corrected chi connectivity index (χ3v) is 4.29. The molecule has 2 aromatic carbocycles. The number of urea groups is 2. The number of ether oxygens (including phenoxy) is 1. The SMILES string of the molecule is CCNC(=O)Nc1ccc(/C=C/C(=O)OC)c(NC(=O)NC(=O)c2cc(F)c(F)cc2Cl)c1. The number of rotatable bonds is 6. The van der Waals surface area contributed by atoms with Crippen LogP contribution in [0.4, 0.5) is 29.7 Å². The molecule has 2 rings (SSSR count). The van der Waals surface area contributed by atoms with E-state index in [1.54, 1.807) is 6.92 Å². The van der Waals surface area contributed by atoms with Crippen LogP contribution in [0.15, 0.2) is 36.4 Å². The van der Waals surface area contributed by atoms with Gasteiger partial charge in [0.25, 0.3) is 5.91 Å². The van der Waals surface area contributed by atoms with Gasteiger partial charge in [0.05, 0.1) is 23.4 Å². The molecular formula is C21H19ClF2N4O5. The number of carbonyl (C=O) groups excluding carboxylic acids is 4. The lowest BCUT2D eigenvalue weighted by molar-refractivity contribution is -0.134. The molecule has 0 aliphatic heterocycles. The van der Waals surface area contributed by atoms with E-state index < -0.39 is 46.2 Å². The number of anilines is 2. The number of halogens is 3. The Balaban J connectivity index is 2.26. The van der Waals surface area contributed by atoms with E-state index >= 15 is 0 Å². The van der Waals surface area contributed by atoms with E-state index in [4.69, 9.17) is 11.6 Å². The van der Waals surface area contributed by atoms with Gasteiger partial charge in [-0.25, -0.2) is 23.2 Å². The molecule has 2 aromatic rings. The summed E-state index contributed by atoms with van der Waals surface area (Å²) in [6, 6.07) is 4.02. The molecule has 33 heavy (non-hydrogen) atoms. The van der Waals surface area contributed by atoms with Gasteiger partial charge in [0, 0.05) is 18.3 Å². The maximum atomic E-state index is 13.4. The summed E-state index contributed by atoms with van der Waals surface area (Å²) in [6.45, 7) is 2.11. The van der Waals surface area contributed by atoms with Crippen molar-refractivity contribution in [2.45, 2.75) is 6.92 Å². The molecule has 0 bridgehead atoms. The Morgan fingerprint density at radius 1 is 1.03 bits per heavy atom. The lowest BCUT2D eigenvalue weighted by Crippen LogP contribution is -2.35. The highest BCUT2D eigenvalue weighted by molar-refractivity contribution is 6.34. The van der Waals surface area contributed by atoms with Gasteiger partial charge >= 0.3 is 18.0 Å². The Hall–Kier alpha value is -3.99. The average Bonchev–Trinajstić information content (AvgIpc) is 2.75. The number of carbonyl (C=O) groups is 4. The minimum atomic E-state index is -1.32. The molecule has 4 N–H and O–H groups in total. The van der Waals surface area contributed by atoms with Crippen LogP contribution in [0.5, 0.6) is 0 Å². The first-order chi connectivity index (χ1) is 15.6. The number of esters is 1. The van der Waals surface area contributed by atoms with Crippen LogP contribution in [0.25, 0.3) is 6.08 Å². The molecule has 5 amide bonds. The minimum Gasteiger partial charge on any atom is -0.466 e. The number of imide groups is 1. The highest BCUT2D eigenvalue weighted by Gasteiger charge is 2.18. The summed E-state index contributed by atoms with van der Waals surface area (Å²) in [4.78, 5) is 47.8. The Morgan fingerprint density at radius 2 is 1.73 bits per heavy atom. The van der Waals surface area contributed by atoms with Crippen molar-refractivity contribution in [2.24, 2.45) is 0 Å². The number of benzene rings is 2. The van der Waals surface area contributed by atoms with E-state index in [0.717, 1.165) is 6.08 Å². The monoisotopic (exact) mass is 480 g/mol. The minimum absolute atomic E-state index is 0.103. The topological polar surface area (TPSA) is 126 Å². The number of hydrogen-bond acceptors (Lipinski definition) is 5. The van der Waals surface area contributed by atoms with Crippen LogP contribution < -0.4 is 21.3 Å². The third-order valence-electron chi connectivity index (χ3n) is 3.98. The molecule has 0 unspecified atom stereocenters. The van der Waals surface area contributed by atoms with Gasteiger partial charge in [0.1, 0.15) is 0 Å². The Bertz CT molecular complexity index is 1120. The zero-order chi connectivity index (χ0) is 24.5. The first-order valence-corrected chi connectivity index (χ1v) is 9.74. The quantitative estimate of drug-likeness (QED) is 0.283. The van der Waals surface area contributed by atoms with Gasteiger partial charge < -0.3 is 20.7 Å². The van der Waals surface area contributed by atoms with Gasteiger partial charge in [-0.05, 0) is 42.8 Å². The fourth-order valence-corrected chi connectivity index (χ4v) is 2.71. The molecule has 9 nitrogen and oxygen atoms in total. The molecule has 0 aromatic heterocycles. The molecule has 0 aliphatic rings. The molecule has 0 fully saturated rings. The van der Waals surface area contributed by atoms with Crippen molar-refractivity contribution in [1.82, 2.24) is 10.6 Å². The normalized spacial score (nSPS) is 10.5. The Labute approximate surface area is 192 Å². The Morgan fingerprint density at radius 3 is 2.39 bits per heavy atom. The van der Waals surface area contributed by atoms with E-state index in [-0.39, 0.29) is 5.69 Å². The molecule has 12 heteroatoms. The van der Waals surface area contributed by atoms with Crippen molar-refractivity contribution in [3.05, 3.63) is 64.2 Å². The maximum absolute atomic E-state index is 13.4. The van der Waals surface area contributed by atoms with Crippen molar-refractivity contribution < 1.29 is 32.7 Å². The summed E-state index contributed by atoms with van der Waals surface area (Å²) in [7, 11) is 1.19. The lowest BCUT2D eigenvalue weighted by Gasteiger charge is -2.13. The molecule has 0 aliphatic carbocycles. The summed E-state index contributed by atoms with van der Waals surface area (Å²) in [5, 5.41) is 9.01. The Kier molecular flexibility index (Phi) is 8.87. The van der Waals surface area contributed by atoms with Gasteiger partial charge in [0.15, 0.2) is 11.6 Å². The number of hydrogen-bond donors (Lipinski definition) is 4. The van der Waals surface area contributed by atoms with Crippen molar-refractivity contribution in [1.29, 1.82) is 0 Å². The van der Waals surface area contributed by atoms with Crippen LogP contribution in [0.2, 0.25) is 5.02 Å². The first kappa shape index (κ1) is 25.3. The first-order valence-electron chi connectivity index (χ1n) is 9.36. The van der Waals surface area contributed by atoms with Gasteiger partial charge in [-0.15, -0.1) is 0 Å². The molecule has 0 spiro atoms. The zero-order valence-electron chi connectivity index (χ0n) is 17.4. The number of methoxy groups -OCH3 is 1. The second kappa shape index (κ2) is 11.6. The zero-order valence-corrected chi connectivity index (χ0v) is 18.2. The second-order valence-electron chi connectivity index (χ2n) is 6.30. The molecule has 0 atom stereocenters. The molecule has 0 saturated carbocycles. The molecule has 0 heterocycles. The van der Waals surface area contributed by atoms with E-state index in [1.165, 1.54) is 31.4 Å². The van der Waals surface area contributed by atoms with Crippen molar-refractivity contribution in [3.63, 3.8) is 0 Å². The number of nitrogens with one attached hydrogen (secondary N) is 4. The van der Waals surface area contributed by atoms with E-state index in [0.29, 0.717) is 29.9 Å². The number of amides is 5. The molecule has 0 radical (unpaired) electrons. The summed E-state index contributed by atoms with van der Waals surface area (Å²) in [5.41, 5.74) is 0.270. The van der Waals surface area contributed by atoms with Crippen LogP contribution in [-0.4, -0.2) is 37.6 Å². The lowest BCUT2D eigenvalue weighted by atomic mass is 10.1. The predicted molar refractivity (Wildman–Crippen MR) is 118 cm³/mol. The van der Waals surface area contributed by atoms with Crippen LogP contribution in [0, 0.1) is 11.6 Å². The smallest absolute Gasteiger partial charge is 0.330 e. The predicted octanol–water partition coefficient (Wildman–Crippen LogP) is 3.91. The van der Waals surface area contributed by atoms with Crippen molar-refractivity contribution in [3.8, 4) is 0 Å². The average molecular weight is 481 g/mol. The second-order valence-corrected chi connectivity index (χ2v) is 6.70. The maximum Gasteiger partial charge on any atom is 0.330 e. The van der Waals surface area contributed by atoms with E-state index in [9.17, 15) is 28.0 Å². The highest BCUT2D eigenvalue weighted by atomic mass is 35.5. The van der Waals surface area contributed by atoms with Crippen LogP contribution in [-0.2, 0) is 9.53 Å². The third kappa shape index (κ3) is 7.28. The van der Waals surface area contributed by atoms with Crippen molar-refractivity contribution >= 4 is 53.0 Å². The largest absolute Gasteiger partial charge is 0.466 e. The summed E-state index contributed by atoms with van der Waals surface area (Å²) in [6.07, 6.45) is 2.44. The summed E-state index contributed by atoms with van der Waals surface area (Å²) < 4.78 is 31.2. The fourth-order valence-electron chi connectivity index (χ4n) is 2.47. The molecule has 0 saturated heterocycles. The van der Waals surface area contributed by atoms with Crippen LogP contribution in [0.1, 0.15) is 22.8 Å². The van der Waals surface area contributed by atoms with Crippen LogP contribution in [0.3, 0.4) is 0 Å².